The molecule has 0 heterocycles. The number of hydrogen-bond donors (Lipinski definition) is 1. The van der Waals surface area contributed by atoms with Crippen molar-refractivity contribution < 1.29 is 4.74 Å². The Morgan fingerprint density at radius 3 is 2.59 bits per heavy atom. The Kier molecular flexibility index (Phi) is 5.23. The van der Waals surface area contributed by atoms with Crippen molar-refractivity contribution in [2.24, 2.45) is 0 Å². The molecular formula is C15H23NO. The number of benzene rings is 1. The lowest BCUT2D eigenvalue weighted by Gasteiger charge is -2.17. The fourth-order valence-corrected chi connectivity index (χ4v) is 1.92. The van der Waals surface area contributed by atoms with E-state index in [0.29, 0.717) is 0 Å². The SMILES string of the molecule is CCNC(C=C(C)C)c1ccc(OC)c(C)c1. The molecule has 1 aromatic rings. The maximum Gasteiger partial charge on any atom is 0.121 e. The van der Waals surface area contributed by atoms with Gasteiger partial charge in [0.25, 0.3) is 0 Å². The van der Waals surface area contributed by atoms with Crippen molar-refractivity contribution in [1.82, 2.24) is 5.32 Å². The summed E-state index contributed by atoms with van der Waals surface area (Å²) in [6.45, 7) is 9.41. The van der Waals surface area contributed by atoms with E-state index in [1.807, 2.05) is 6.07 Å². The summed E-state index contributed by atoms with van der Waals surface area (Å²) in [5, 5.41) is 3.48. The molecule has 0 aliphatic heterocycles. The summed E-state index contributed by atoms with van der Waals surface area (Å²) in [4.78, 5) is 0. The highest BCUT2D eigenvalue weighted by Gasteiger charge is 2.08. The average molecular weight is 233 g/mol. The third-order valence-corrected chi connectivity index (χ3v) is 2.70. The summed E-state index contributed by atoms with van der Waals surface area (Å²) in [7, 11) is 1.71. The molecule has 2 nitrogen and oxygen atoms in total. The first-order valence-corrected chi connectivity index (χ1v) is 6.11. The zero-order valence-corrected chi connectivity index (χ0v) is 11.5. The van der Waals surface area contributed by atoms with Crippen LogP contribution in [0.4, 0.5) is 0 Å². The van der Waals surface area contributed by atoms with Crippen molar-refractivity contribution in [3.05, 3.63) is 41.0 Å². The standard InChI is InChI=1S/C15H23NO/c1-6-16-14(9-11(2)3)13-7-8-15(17-5)12(4)10-13/h7-10,14,16H,6H2,1-5H3. The van der Waals surface area contributed by atoms with Crippen molar-refractivity contribution in [1.29, 1.82) is 0 Å². The molecule has 1 N–H and O–H groups in total. The van der Waals surface area contributed by atoms with Gasteiger partial charge in [-0.05, 0) is 44.5 Å². The Bertz CT molecular complexity index is 392. The molecule has 0 aromatic heterocycles. The van der Waals surface area contributed by atoms with Crippen LogP contribution in [0.25, 0.3) is 0 Å². The van der Waals surface area contributed by atoms with Crippen LogP contribution >= 0.6 is 0 Å². The second kappa shape index (κ2) is 6.45. The largest absolute Gasteiger partial charge is 0.496 e. The van der Waals surface area contributed by atoms with Crippen molar-refractivity contribution in [3.8, 4) is 5.75 Å². The lowest BCUT2D eigenvalue weighted by atomic mass is 10.0. The number of nitrogens with one attached hydrogen (secondary N) is 1. The first-order chi connectivity index (χ1) is 8.08. The van der Waals surface area contributed by atoms with Gasteiger partial charge in [-0.2, -0.15) is 0 Å². The maximum absolute atomic E-state index is 5.28. The highest BCUT2D eigenvalue weighted by molar-refractivity contribution is 5.38. The van der Waals surface area contributed by atoms with Crippen LogP contribution in [0.1, 0.15) is 37.9 Å². The molecule has 1 rings (SSSR count). The molecular weight excluding hydrogens is 210 g/mol. The van der Waals surface area contributed by atoms with Gasteiger partial charge in [-0.25, -0.2) is 0 Å². The van der Waals surface area contributed by atoms with Gasteiger partial charge >= 0.3 is 0 Å². The van der Waals surface area contributed by atoms with Gasteiger partial charge in [0.1, 0.15) is 5.75 Å². The quantitative estimate of drug-likeness (QED) is 0.784. The van der Waals surface area contributed by atoms with Gasteiger partial charge in [0, 0.05) is 0 Å². The zero-order chi connectivity index (χ0) is 12.8. The van der Waals surface area contributed by atoms with Crippen LogP contribution in [-0.2, 0) is 0 Å². The third-order valence-electron chi connectivity index (χ3n) is 2.70. The van der Waals surface area contributed by atoms with Gasteiger partial charge in [0.05, 0.1) is 13.2 Å². The van der Waals surface area contributed by atoms with E-state index in [2.05, 4.69) is 51.2 Å². The van der Waals surface area contributed by atoms with Crippen molar-refractivity contribution in [2.45, 2.75) is 33.7 Å². The van der Waals surface area contributed by atoms with Crippen LogP contribution in [0.3, 0.4) is 0 Å². The van der Waals surface area contributed by atoms with Crippen LogP contribution in [0.15, 0.2) is 29.8 Å². The normalized spacial score (nSPS) is 12.1. The van der Waals surface area contributed by atoms with Gasteiger partial charge < -0.3 is 10.1 Å². The Balaban J connectivity index is 3.02. The smallest absolute Gasteiger partial charge is 0.121 e. The first kappa shape index (κ1) is 13.8. The molecule has 0 saturated heterocycles. The highest BCUT2D eigenvalue weighted by atomic mass is 16.5. The maximum atomic E-state index is 5.28. The second-order valence-corrected chi connectivity index (χ2v) is 4.51. The van der Waals surface area contributed by atoms with E-state index in [-0.39, 0.29) is 6.04 Å². The molecule has 0 saturated carbocycles. The summed E-state index contributed by atoms with van der Waals surface area (Å²) in [6.07, 6.45) is 2.25. The number of allylic oxidation sites excluding steroid dienone is 1. The van der Waals surface area contributed by atoms with Gasteiger partial charge in [-0.15, -0.1) is 0 Å². The van der Waals surface area contributed by atoms with Crippen LogP contribution < -0.4 is 10.1 Å². The summed E-state index contributed by atoms with van der Waals surface area (Å²) >= 11 is 0. The van der Waals surface area contributed by atoms with E-state index in [1.54, 1.807) is 7.11 Å². The molecule has 0 aliphatic carbocycles. The van der Waals surface area contributed by atoms with Crippen LogP contribution in [0.2, 0.25) is 0 Å². The molecule has 1 unspecified atom stereocenters. The Morgan fingerprint density at radius 2 is 2.12 bits per heavy atom. The lowest BCUT2D eigenvalue weighted by Crippen LogP contribution is -2.19. The van der Waals surface area contributed by atoms with Crippen LogP contribution in [0.5, 0.6) is 5.75 Å². The number of hydrogen-bond acceptors (Lipinski definition) is 2. The van der Waals surface area contributed by atoms with E-state index in [0.717, 1.165) is 12.3 Å². The summed E-state index contributed by atoms with van der Waals surface area (Å²) < 4.78 is 5.28. The summed E-state index contributed by atoms with van der Waals surface area (Å²) in [5.74, 6) is 0.946. The van der Waals surface area contributed by atoms with E-state index in [4.69, 9.17) is 4.74 Å². The van der Waals surface area contributed by atoms with Gasteiger partial charge in [-0.3, -0.25) is 0 Å². The minimum absolute atomic E-state index is 0.287. The average Bonchev–Trinajstić information content (AvgIpc) is 2.28. The second-order valence-electron chi connectivity index (χ2n) is 4.51. The lowest BCUT2D eigenvalue weighted by molar-refractivity contribution is 0.411. The molecule has 1 aromatic carbocycles. The number of ether oxygens (including phenoxy) is 1. The van der Waals surface area contributed by atoms with E-state index in [1.165, 1.54) is 16.7 Å². The molecule has 0 bridgehead atoms. The summed E-state index contributed by atoms with van der Waals surface area (Å²) in [6, 6.07) is 6.63. The number of aryl methyl sites for hydroxylation is 1. The fourth-order valence-electron chi connectivity index (χ4n) is 1.92. The molecule has 2 heteroatoms. The molecule has 0 aliphatic rings. The minimum Gasteiger partial charge on any atom is -0.496 e. The van der Waals surface area contributed by atoms with Crippen molar-refractivity contribution in [3.63, 3.8) is 0 Å². The molecule has 1 atom stereocenters. The zero-order valence-electron chi connectivity index (χ0n) is 11.5. The summed E-state index contributed by atoms with van der Waals surface area (Å²) in [5.41, 5.74) is 3.78. The molecule has 0 fully saturated rings. The van der Waals surface area contributed by atoms with Crippen molar-refractivity contribution >= 4 is 0 Å². The van der Waals surface area contributed by atoms with Crippen LogP contribution in [0, 0.1) is 6.92 Å². The van der Waals surface area contributed by atoms with Gasteiger partial charge in [0.2, 0.25) is 0 Å². The first-order valence-electron chi connectivity index (χ1n) is 6.11. The molecule has 0 amide bonds. The van der Waals surface area contributed by atoms with Crippen molar-refractivity contribution in [2.75, 3.05) is 13.7 Å². The Labute approximate surface area is 105 Å². The van der Waals surface area contributed by atoms with E-state index >= 15 is 0 Å². The highest BCUT2D eigenvalue weighted by Crippen LogP contribution is 2.23. The number of methoxy groups -OCH3 is 1. The van der Waals surface area contributed by atoms with Gasteiger partial charge in [0.15, 0.2) is 0 Å². The van der Waals surface area contributed by atoms with Crippen LogP contribution in [-0.4, -0.2) is 13.7 Å². The van der Waals surface area contributed by atoms with Gasteiger partial charge in [-0.1, -0.05) is 30.7 Å². The number of rotatable bonds is 5. The predicted molar refractivity (Wildman–Crippen MR) is 73.6 cm³/mol. The monoisotopic (exact) mass is 233 g/mol. The molecule has 94 valence electrons. The van der Waals surface area contributed by atoms with E-state index in [9.17, 15) is 0 Å². The van der Waals surface area contributed by atoms with E-state index < -0.39 is 0 Å². The Morgan fingerprint density at radius 1 is 1.41 bits per heavy atom. The topological polar surface area (TPSA) is 21.3 Å². The molecule has 17 heavy (non-hydrogen) atoms. The molecule has 0 radical (unpaired) electrons. The number of likely N-dealkylation sites (N-methyl/N-ethyl adjacent to an activating group) is 1. The minimum atomic E-state index is 0.287. The fraction of sp³-hybridized carbons (Fsp3) is 0.467. The Hall–Kier alpha value is -1.28. The molecule has 0 spiro atoms. The third kappa shape index (κ3) is 3.90. The predicted octanol–water partition coefficient (Wildman–Crippen LogP) is 3.62.